The molecule has 27 heavy (non-hydrogen) atoms. The average Bonchev–Trinajstić information content (AvgIpc) is 3.09. The second-order valence-electron chi connectivity index (χ2n) is 7.14. The van der Waals surface area contributed by atoms with Crippen molar-refractivity contribution in [2.24, 2.45) is 0 Å². The Kier molecular flexibility index (Phi) is 8.14. The number of nitrogens with zero attached hydrogens (tertiary/aromatic N) is 2. The van der Waals surface area contributed by atoms with Gasteiger partial charge in [0.15, 0.2) is 0 Å². The topological polar surface area (TPSA) is 74.6 Å². The molecule has 1 saturated heterocycles. The molecule has 2 aromatic heterocycles. The summed E-state index contributed by atoms with van der Waals surface area (Å²) in [5, 5.41) is 15.7. The van der Waals surface area contributed by atoms with Crippen LogP contribution in [-0.2, 0) is 0 Å². The first-order valence-electron chi connectivity index (χ1n) is 9.36. The second-order valence-corrected chi connectivity index (χ2v) is 8.04. The number of likely N-dealkylation sites (tertiary alicyclic amines) is 1. The molecule has 0 spiro atoms. The molecule has 0 aliphatic carbocycles. The minimum atomic E-state index is -0.492. The minimum Gasteiger partial charge on any atom is -1.00 e. The van der Waals surface area contributed by atoms with Crippen molar-refractivity contribution in [1.82, 2.24) is 14.8 Å². The van der Waals surface area contributed by atoms with Crippen LogP contribution in [-0.4, -0.2) is 69.7 Å². The van der Waals surface area contributed by atoms with E-state index in [-0.39, 0.29) is 43.3 Å². The Hall–Kier alpha value is -1.09. The van der Waals surface area contributed by atoms with Gasteiger partial charge in [-0.1, -0.05) is 6.42 Å². The Balaban J connectivity index is 0.00000261. The van der Waals surface area contributed by atoms with E-state index in [0.29, 0.717) is 16.8 Å². The Morgan fingerprint density at radius 3 is 2.70 bits per heavy atom. The van der Waals surface area contributed by atoms with Gasteiger partial charge in [0.1, 0.15) is 16.1 Å². The predicted octanol–water partition coefficient (Wildman–Crippen LogP) is 2.80. The van der Waals surface area contributed by atoms with Crippen molar-refractivity contribution >= 4 is 50.5 Å². The Bertz CT molecular complexity index is 851. The standard InChI is InChI=1S/C19H27N3O3S.Mg.2H/c1-13(2)22-18(25)15(16(23)14-7-12-26-19(14)22)17(24)20-8-6-11-21-9-4-3-5-10-21;;;/h7,12-13,23H,3-6,8-11H2,1-2H3,(H,20,24);;;/q;+2;2*-1. The van der Waals surface area contributed by atoms with Crippen molar-refractivity contribution in [1.29, 1.82) is 0 Å². The molecule has 8 heteroatoms. The Morgan fingerprint density at radius 1 is 1.33 bits per heavy atom. The number of hydrogen-bond acceptors (Lipinski definition) is 5. The third-order valence-corrected chi connectivity index (χ3v) is 5.83. The molecule has 6 nitrogen and oxygen atoms in total. The van der Waals surface area contributed by atoms with Gasteiger partial charge in [-0.05, 0) is 64.2 Å². The van der Waals surface area contributed by atoms with Gasteiger partial charge < -0.3 is 18.2 Å². The van der Waals surface area contributed by atoms with E-state index in [1.54, 1.807) is 10.6 Å². The molecule has 2 N–H and O–H groups in total. The largest absolute Gasteiger partial charge is 2.00 e. The normalized spacial score (nSPS) is 15.1. The molecule has 1 amide bonds. The van der Waals surface area contributed by atoms with Crippen LogP contribution in [0.2, 0.25) is 0 Å². The summed E-state index contributed by atoms with van der Waals surface area (Å²) in [4.78, 5) is 28.5. The third kappa shape index (κ3) is 4.85. The number of rotatable bonds is 6. The molecule has 0 saturated carbocycles. The monoisotopic (exact) mass is 403 g/mol. The summed E-state index contributed by atoms with van der Waals surface area (Å²) in [5.41, 5.74) is -0.580. The summed E-state index contributed by atoms with van der Waals surface area (Å²) in [6.45, 7) is 7.50. The van der Waals surface area contributed by atoms with Gasteiger partial charge in [-0.25, -0.2) is 0 Å². The number of aromatic nitrogens is 1. The molecule has 0 radical (unpaired) electrons. The van der Waals surface area contributed by atoms with Gasteiger partial charge in [-0.2, -0.15) is 0 Å². The maximum Gasteiger partial charge on any atom is 2.00 e. The third-order valence-electron chi connectivity index (χ3n) is 4.92. The van der Waals surface area contributed by atoms with E-state index in [2.05, 4.69) is 10.2 Å². The second kappa shape index (κ2) is 9.91. The zero-order valence-corrected chi connectivity index (χ0v) is 18.4. The van der Waals surface area contributed by atoms with Crippen LogP contribution in [0.4, 0.5) is 0 Å². The van der Waals surface area contributed by atoms with Crippen LogP contribution in [0, 0.1) is 0 Å². The molecule has 1 aliphatic heterocycles. The number of carbonyl (C=O) groups excluding carboxylic acids is 1. The van der Waals surface area contributed by atoms with Crippen LogP contribution in [0.25, 0.3) is 10.2 Å². The molecule has 0 aromatic carbocycles. The van der Waals surface area contributed by atoms with Gasteiger partial charge in [0, 0.05) is 12.6 Å². The summed E-state index contributed by atoms with van der Waals surface area (Å²) in [5.74, 6) is -0.703. The summed E-state index contributed by atoms with van der Waals surface area (Å²) < 4.78 is 1.59. The molecule has 3 heterocycles. The summed E-state index contributed by atoms with van der Waals surface area (Å²) >= 11 is 1.39. The van der Waals surface area contributed by atoms with E-state index in [0.717, 1.165) is 26.1 Å². The number of piperidine rings is 1. The van der Waals surface area contributed by atoms with Gasteiger partial charge in [0.2, 0.25) is 0 Å². The fourth-order valence-electron chi connectivity index (χ4n) is 3.57. The minimum absolute atomic E-state index is 0. The molecule has 0 bridgehead atoms. The molecule has 0 unspecified atom stereocenters. The molecular weight excluding hydrogens is 375 g/mol. The fourth-order valence-corrected chi connectivity index (χ4v) is 4.60. The quantitative estimate of drug-likeness (QED) is 0.574. The maximum absolute atomic E-state index is 12.8. The predicted molar refractivity (Wildman–Crippen MR) is 113 cm³/mol. The molecule has 3 rings (SSSR count). The van der Waals surface area contributed by atoms with Gasteiger partial charge in [0.05, 0.1) is 5.39 Å². The van der Waals surface area contributed by atoms with E-state index < -0.39 is 11.5 Å². The number of carbonyl (C=O) groups is 1. The molecule has 0 atom stereocenters. The van der Waals surface area contributed by atoms with Gasteiger partial charge >= 0.3 is 23.1 Å². The molecule has 2 aromatic rings. The number of amides is 1. The van der Waals surface area contributed by atoms with Crippen LogP contribution >= 0.6 is 11.3 Å². The van der Waals surface area contributed by atoms with Crippen molar-refractivity contribution in [3.63, 3.8) is 0 Å². The van der Waals surface area contributed by atoms with Crippen molar-refractivity contribution in [2.75, 3.05) is 26.2 Å². The van der Waals surface area contributed by atoms with Crippen LogP contribution < -0.4 is 10.9 Å². The van der Waals surface area contributed by atoms with Crippen LogP contribution in [0.5, 0.6) is 5.75 Å². The zero-order valence-electron chi connectivity index (χ0n) is 18.2. The smallest absolute Gasteiger partial charge is 1.00 e. The van der Waals surface area contributed by atoms with Gasteiger partial charge in [-0.15, -0.1) is 11.3 Å². The number of pyridine rings is 1. The number of hydrogen-bond donors (Lipinski definition) is 2. The summed E-state index contributed by atoms with van der Waals surface area (Å²) in [6.07, 6.45) is 4.64. The van der Waals surface area contributed by atoms with E-state index in [1.807, 2.05) is 19.2 Å². The van der Waals surface area contributed by atoms with Crippen LogP contribution in [0.3, 0.4) is 0 Å². The first-order valence-corrected chi connectivity index (χ1v) is 10.2. The van der Waals surface area contributed by atoms with E-state index in [1.165, 1.54) is 30.6 Å². The molecule has 1 fully saturated rings. The van der Waals surface area contributed by atoms with Crippen molar-refractivity contribution in [3.05, 3.63) is 27.4 Å². The van der Waals surface area contributed by atoms with E-state index >= 15 is 0 Å². The average molecular weight is 404 g/mol. The first kappa shape index (κ1) is 22.2. The number of aromatic hydroxyl groups is 1. The summed E-state index contributed by atoms with van der Waals surface area (Å²) in [7, 11) is 0. The molecule has 146 valence electrons. The van der Waals surface area contributed by atoms with Crippen molar-refractivity contribution < 1.29 is 12.8 Å². The number of thiophene rings is 1. The van der Waals surface area contributed by atoms with Crippen LogP contribution in [0.1, 0.15) is 58.8 Å². The van der Waals surface area contributed by atoms with E-state index in [9.17, 15) is 14.7 Å². The van der Waals surface area contributed by atoms with Gasteiger partial charge in [-0.3, -0.25) is 14.2 Å². The van der Waals surface area contributed by atoms with Crippen molar-refractivity contribution in [3.8, 4) is 5.75 Å². The fraction of sp³-hybridized carbons (Fsp3) is 0.579. The number of nitrogens with one attached hydrogen (secondary N) is 1. The van der Waals surface area contributed by atoms with Gasteiger partial charge in [0.25, 0.3) is 11.5 Å². The number of fused-ring (bicyclic) bond motifs is 1. The SMILES string of the molecule is CC(C)n1c(=O)c(C(=O)NCCCN2CCCCC2)c(O)c2ccsc21.[H-].[H-].[Mg+2]. The zero-order chi connectivity index (χ0) is 18.7. The Labute approximate surface area is 182 Å². The molecule has 1 aliphatic rings. The van der Waals surface area contributed by atoms with Crippen molar-refractivity contribution in [2.45, 2.75) is 45.6 Å². The Morgan fingerprint density at radius 2 is 2.04 bits per heavy atom. The summed E-state index contributed by atoms with van der Waals surface area (Å²) in [6, 6.07) is 1.66. The molecular formula is C19H29MgN3O3S. The maximum atomic E-state index is 12.8. The first-order chi connectivity index (χ1) is 12.5. The van der Waals surface area contributed by atoms with Crippen LogP contribution in [0.15, 0.2) is 16.2 Å². The van der Waals surface area contributed by atoms with E-state index in [4.69, 9.17) is 0 Å².